The van der Waals surface area contributed by atoms with E-state index in [1.165, 1.54) is 6.07 Å². The number of guanidine groups is 1. The molecule has 7 heteroatoms. The first kappa shape index (κ1) is 20.3. The summed E-state index contributed by atoms with van der Waals surface area (Å²) in [6.07, 6.45) is 0.819. The smallest absolute Gasteiger partial charge is 0.189 e. The van der Waals surface area contributed by atoms with Crippen LogP contribution in [0.1, 0.15) is 23.6 Å². The Kier molecular flexibility index (Phi) is 7.07. The maximum Gasteiger partial charge on any atom is 0.189 e. The second kappa shape index (κ2) is 9.07. The van der Waals surface area contributed by atoms with Crippen LogP contribution in [0.2, 0.25) is 0 Å². The van der Waals surface area contributed by atoms with Crippen molar-refractivity contribution in [3.05, 3.63) is 59.4 Å². The number of aliphatic imine (C=N–C) groups is 1. The minimum Gasteiger partial charge on any atom is -0.493 e. The lowest BCUT2D eigenvalue weighted by Crippen LogP contribution is -2.37. The molecule has 3 N–H and O–H groups in total. The molecule has 2 aromatic carbocycles. The molecule has 5 nitrogen and oxygen atoms in total. The van der Waals surface area contributed by atoms with Crippen LogP contribution in [0.15, 0.2) is 47.5 Å². The molecule has 0 radical (unpaired) electrons. The van der Waals surface area contributed by atoms with Crippen molar-refractivity contribution in [3.8, 4) is 5.75 Å². The fourth-order valence-corrected chi connectivity index (χ4v) is 2.90. The summed E-state index contributed by atoms with van der Waals surface area (Å²) in [5, 5.41) is 3.24. The van der Waals surface area contributed by atoms with Crippen LogP contribution in [0.25, 0.3) is 0 Å². The summed E-state index contributed by atoms with van der Waals surface area (Å²) < 4.78 is 19.7. The van der Waals surface area contributed by atoms with E-state index in [9.17, 15) is 4.39 Å². The Balaban J connectivity index is 0.00000243. The average Bonchev–Trinajstić information content (AvgIpc) is 2.60. The molecule has 1 heterocycles. The van der Waals surface area contributed by atoms with Gasteiger partial charge in [-0.1, -0.05) is 24.3 Å². The second-order valence-corrected chi connectivity index (χ2v) is 6.25. The number of anilines is 1. The third-order valence-corrected chi connectivity index (χ3v) is 4.21. The molecule has 26 heavy (non-hydrogen) atoms. The van der Waals surface area contributed by atoms with E-state index in [0.717, 1.165) is 23.3 Å². The van der Waals surface area contributed by atoms with Gasteiger partial charge in [-0.15, -0.1) is 24.0 Å². The summed E-state index contributed by atoms with van der Waals surface area (Å²) in [6, 6.07) is 13.1. The van der Waals surface area contributed by atoms with Crippen molar-refractivity contribution in [2.75, 3.05) is 25.6 Å². The van der Waals surface area contributed by atoms with Gasteiger partial charge in [-0.3, -0.25) is 0 Å². The number of halogens is 2. The van der Waals surface area contributed by atoms with Crippen molar-refractivity contribution in [1.29, 1.82) is 0 Å². The Morgan fingerprint density at radius 1 is 1.31 bits per heavy atom. The van der Waals surface area contributed by atoms with Crippen molar-refractivity contribution in [1.82, 2.24) is 5.32 Å². The molecule has 1 aliphatic rings. The Bertz CT molecular complexity index is 782. The quantitative estimate of drug-likeness (QED) is 0.409. The monoisotopic (exact) mass is 470 g/mol. The fourth-order valence-electron chi connectivity index (χ4n) is 2.90. The predicted octanol–water partition coefficient (Wildman–Crippen LogP) is 3.44. The third-order valence-electron chi connectivity index (χ3n) is 4.21. The van der Waals surface area contributed by atoms with Gasteiger partial charge in [0.15, 0.2) is 5.96 Å². The van der Waals surface area contributed by atoms with Gasteiger partial charge in [0.05, 0.1) is 24.9 Å². The first-order chi connectivity index (χ1) is 12.0. The van der Waals surface area contributed by atoms with Gasteiger partial charge in [-0.2, -0.15) is 0 Å². The van der Waals surface area contributed by atoms with Crippen LogP contribution in [0, 0.1) is 5.82 Å². The van der Waals surface area contributed by atoms with Crippen LogP contribution in [-0.4, -0.2) is 26.7 Å². The van der Waals surface area contributed by atoms with E-state index in [0.29, 0.717) is 24.8 Å². The Morgan fingerprint density at radius 3 is 2.81 bits per heavy atom. The van der Waals surface area contributed by atoms with Gasteiger partial charge in [-0.25, -0.2) is 9.38 Å². The number of ether oxygens (including phenoxy) is 1. The lowest BCUT2D eigenvalue weighted by atomic mass is 10.0. The second-order valence-electron chi connectivity index (χ2n) is 6.25. The predicted molar refractivity (Wildman–Crippen MR) is 114 cm³/mol. The number of hydrogen-bond donors (Lipinski definition) is 2. The van der Waals surface area contributed by atoms with Crippen molar-refractivity contribution >= 4 is 35.6 Å². The van der Waals surface area contributed by atoms with Gasteiger partial charge in [0.1, 0.15) is 11.6 Å². The van der Waals surface area contributed by atoms with Crippen molar-refractivity contribution in [3.63, 3.8) is 0 Å². The van der Waals surface area contributed by atoms with Gasteiger partial charge >= 0.3 is 0 Å². The fraction of sp³-hybridized carbons (Fsp3) is 0.316. The van der Waals surface area contributed by atoms with Crippen LogP contribution in [-0.2, 0) is 6.54 Å². The summed E-state index contributed by atoms with van der Waals surface area (Å²) in [6.45, 7) is 0.966. The Hall–Kier alpha value is -2.03. The number of nitrogens with one attached hydrogen (secondary N) is 1. The number of nitrogens with two attached hydrogens (primary N) is 1. The van der Waals surface area contributed by atoms with Crippen molar-refractivity contribution in [2.45, 2.75) is 19.0 Å². The topological polar surface area (TPSA) is 62.9 Å². The molecule has 1 unspecified atom stereocenters. The molecular weight excluding hydrogens is 446 g/mol. The summed E-state index contributed by atoms with van der Waals surface area (Å²) in [5.41, 5.74) is 8.43. The molecule has 1 atom stereocenters. The molecule has 0 aliphatic carbocycles. The molecule has 0 saturated carbocycles. The van der Waals surface area contributed by atoms with E-state index in [2.05, 4.69) is 10.3 Å². The normalized spacial score (nSPS) is 16.1. The summed E-state index contributed by atoms with van der Waals surface area (Å²) in [5.74, 6) is 0.960. The van der Waals surface area contributed by atoms with Crippen LogP contribution in [0.4, 0.5) is 10.1 Å². The zero-order valence-electron chi connectivity index (χ0n) is 14.9. The first-order valence-electron chi connectivity index (χ1n) is 8.28. The highest BCUT2D eigenvalue weighted by molar-refractivity contribution is 14.0. The van der Waals surface area contributed by atoms with E-state index in [1.54, 1.807) is 11.0 Å². The van der Waals surface area contributed by atoms with Gasteiger partial charge in [0.2, 0.25) is 0 Å². The maximum absolute atomic E-state index is 14.0. The minimum absolute atomic E-state index is 0. The number of para-hydroxylation sites is 1. The molecule has 0 aromatic heterocycles. The Labute approximate surface area is 170 Å². The highest BCUT2D eigenvalue weighted by atomic mass is 127. The molecule has 2 aromatic rings. The largest absolute Gasteiger partial charge is 0.493 e. The molecule has 0 fully saturated rings. The van der Waals surface area contributed by atoms with E-state index in [4.69, 9.17) is 10.5 Å². The molecular formula is C19H24FIN4O. The van der Waals surface area contributed by atoms with Crippen molar-refractivity contribution < 1.29 is 9.13 Å². The van der Waals surface area contributed by atoms with Gasteiger partial charge in [-0.05, 0) is 23.8 Å². The number of fused-ring (bicyclic) bond motifs is 1. The zero-order valence-corrected chi connectivity index (χ0v) is 17.2. The molecule has 0 saturated heterocycles. The number of hydrogen-bond acceptors (Lipinski definition) is 3. The number of rotatable bonds is 4. The molecule has 0 bridgehead atoms. The molecule has 0 amide bonds. The molecule has 0 spiro atoms. The van der Waals surface area contributed by atoms with Crippen LogP contribution < -0.4 is 20.7 Å². The van der Waals surface area contributed by atoms with E-state index >= 15 is 0 Å². The SMILES string of the molecule is CN(C)c1ccc(CN=C(N)NC2CCOc3ccccc32)cc1F.I. The summed E-state index contributed by atoms with van der Waals surface area (Å²) in [4.78, 5) is 6.08. The minimum atomic E-state index is -0.261. The number of benzene rings is 2. The van der Waals surface area contributed by atoms with Crippen molar-refractivity contribution in [2.24, 2.45) is 10.7 Å². The van der Waals surface area contributed by atoms with Crippen LogP contribution in [0.5, 0.6) is 5.75 Å². The molecule has 3 rings (SSSR count). The van der Waals surface area contributed by atoms with Gasteiger partial charge in [0.25, 0.3) is 0 Å². The zero-order chi connectivity index (χ0) is 17.8. The highest BCUT2D eigenvalue weighted by Gasteiger charge is 2.21. The Morgan fingerprint density at radius 2 is 2.08 bits per heavy atom. The van der Waals surface area contributed by atoms with E-state index in [1.807, 2.05) is 44.4 Å². The van der Waals surface area contributed by atoms with E-state index < -0.39 is 0 Å². The highest BCUT2D eigenvalue weighted by Crippen LogP contribution is 2.31. The number of nitrogens with zero attached hydrogens (tertiary/aromatic N) is 2. The lowest BCUT2D eigenvalue weighted by Gasteiger charge is -2.26. The van der Waals surface area contributed by atoms with Gasteiger partial charge < -0.3 is 20.7 Å². The average molecular weight is 470 g/mol. The van der Waals surface area contributed by atoms with Gasteiger partial charge in [0, 0.05) is 26.1 Å². The molecule has 140 valence electrons. The summed E-state index contributed by atoms with van der Waals surface area (Å²) in [7, 11) is 3.62. The van der Waals surface area contributed by atoms with Crippen LogP contribution in [0.3, 0.4) is 0 Å². The van der Waals surface area contributed by atoms with Crippen LogP contribution >= 0.6 is 24.0 Å². The maximum atomic E-state index is 14.0. The molecule has 1 aliphatic heterocycles. The summed E-state index contributed by atoms with van der Waals surface area (Å²) >= 11 is 0. The standard InChI is InChI=1S/C19H23FN4O.HI/c1-24(2)17-8-7-13(11-15(17)20)12-22-19(21)23-16-9-10-25-18-6-4-3-5-14(16)18;/h3-8,11,16H,9-10,12H2,1-2H3,(H3,21,22,23);1H. The van der Waals surface area contributed by atoms with E-state index in [-0.39, 0.29) is 35.8 Å². The lowest BCUT2D eigenvalue weighted by molar-refractivity contribution is 0.262. The third kappa shape index (κ3) is 4.78. The first-order valence-corrected chi connectivity index (χ1v) is 8.28.